The predicted molar refractivity (Wildman–Crippen MR) is 53.7 cm³/mol. The molecule has 0 amide bonds. The van der Waals surface area contributed by atoms with Crippen molar-refractivity contribution in [2.45, 2.75) is 52.0 Å². The Balaban J connectivity index is 3.38. The molecule has 0 bridgehead atoms. The monoisotopic (exact) mass is 173 g/mol. The summed E-state index contributed by atoms with van der Waals surface area (Å²) in [6.45, 7) is 4.25. The van der Waals surface area contributed by atoms with Gasteiger partial charge in [-0.1, -0.05) is 26.2 Å². The smallest absolute Gasteiger partial charge is 0.0854 e. The first-order valence-corrected chi connectivity index (χ1v) is 5.03. The Bertz CT molecular complexity index is 107. The van der Waals surface area contributed by atoms with Crippen molar-refractivity contribution in [3.05, 3.63) is 5.21 Å². The Morgan fingerprint density at radius 3 is 2.17 bits per heavy atom. The first-order valence-electron chi connectivity index (χ1n) is 5.03. The standard InChI is InChI=1S/C10H23NO/c1-5-6-7-8-9-10(2)11(3,4)12/h10H,5-9H2,1-4H3/t10-/m0/s1. The van der Waals surface area contributed by atoms with Crippen LogP contribution in [0.15, 0.2) is 0 Å². The van der Waals surface area contributed by atoms with Crippen molar-refractivity contribution in [2.75, 3.05) is 14.1 Å². The average molecular weight is 173 g/mol. The van der Waals surface area contributed by atoms with Crippen LogP contribution in [-0.4, -0.2) is 24.8 Å². The van der Waals surface area contributed by atoms with Crippen molar-refractivity contribution in [1.29, 1.82) is 0 Å². The maximum Gasteiger partial charge on any atom is 0.0854 e. The zero-order chi connectivity index (χ0) is 9.61. The number of unbranched alkanes of at least 4 members (excludes halogenated alkanes) is 3. The molecule has 0 aromatic carbocycles. The summed E-state index contributed by atoms with van der Waals surface area (Å²) in [4.78, 5) is 0. The van der Waals surface area contributed by atoms with Crippen LogP contribution in [0.4, 0.5) is 0 Å². The van der Waals surface area contributed by atoms with Crippen molar-refractivity contribution in [1.82, 2.24) is 0 Å². The second-order valence-corrected chi connectivity index (χ2v) is 4.13. The molecule has 0 saturated carbocycles. The molecule has 0 aliphatic heterocycles. The third-order valence-corrected chi connectivity index (χ3v) is 2.54. The van der Waals surface area contributed by atoms with Crippen molar-refractivity contribution >= 4 is 0 Å². The van der Waals surface area contributed by atoms with Gasteiger partial charge >= 0.3 is 0 Å². The Labute approximate surface area is 76.7 Å². The molecule has 0 saturated heterocycles. The fraction of sp³-hybridized carbons (Fsp3) is 1.00. The van der Waals surface area contributed by atoms with Gasteiger partial charge in [0.15, 0.2) is 0 Å². The average Bonchev–Trinajstić information content (AvgIpc) is 1.96. The minimum atomic E-state index is -0.147. The molecule has 0 aromatic heterocycles. The molecule has 74 valence electrons. The lowest BCUT2D eigenvalue weighted by Gasteiger charge is -2.40. The van der Waals surface area contributed by atoms with Gasteiger partial charge in [0.1, 0.15) is 0 Å². The van der Waals surface area contributed by atoms with Gasteiger partial charge in [-0.15, -0.1) is 0 Å². The van der Waals surface area contributed by atoms with E-state index in [1.807, 2.05) is 6.92 Å². The Kier molecular flexibility index (Phi) is 5.51. The van der Waals surface area contributed by atoms with Crippen LogP contribution < -0.4 is 0 Å². The van der Waals surface area contributed by atoms with Gasteiger partial charge in [-0.25, -0.2) is 0 Å². The second kappa shape index (κ2) is 5.55. The van der Waals surface area contributed by atoms with Crippen molar-refractivity contribution in [2.24, 2.45) is 0 Å². The van der Waals surface area contributed by atoms with Crippen molar-refractivity contribution in [3.8, 4) is 0 Å². The number of hydrogen-bond donors (Lipinski definition) is 0. The van der Waals surface area contributed by atoms with Crippen LogP contribution in [0.5, 0.6) is 0 Å². The number of nitrogens with zero attached hydrogens (tertiary/aromatic N) is 1. The van der Waals surface area contributed by atoms with Crippen molar-refractivity contribution < 1.29 is 4.65 Å². The first kappa shape index (κ1) is 11.9. The molecule has 0 radical (unpaired) electrons. The number of rotatable bonds is 6. The number of quaternary nitrogens is 1. The summed E-state index contributed by atoms with van der Waals surface area (Å²) >= 11 is 0. The number of hydroxylamine groups is 3. The van der Waals surface area contributed by atoms with Gasteiger partial charge < -0.3 is 9.85 Å². The highest BCUT2D eigenvalue weighted by molar-refractivity contribution is 4.52. The first-order chi connectivity index (χ1) is 5.48. The maximum absolute atomic E-state index is 11.4. The van der Waals surface area contributed by atoms with Gasteiger partial charge in [-0.2, -0.15) is 0 Å². The van der Waals surface area contributed by atoms with Crippen molar-refractivity contribution in [3.63, 3.8) is 0 Å². The molecular formula is C10H23NO. The summed E-state index contributed by atoms with van der Waals surface area (Å²) in [7, 11) is 3.45. The summed E-state index contributed by atoms with van der Waals surface area (Å²) in [5.41, 5.74) is 0. The van der Waals surface area contributed by atoms with E-state index in [9.17, 15) is 5.21 Å². The zero-order valence-electron chi connectivity index (χ0n) is 8.97. The fourth-order valence-electron chi connectivity index (χ4n) is 1.18. The third-order valence-electron chi connectivity index (χ3n) is 2.54. The lowest BCUT2D eigenvalue weighted by atomic mass is 10.1. The Morgan fingerprint density at radius 2 is 1.75 bits per heavy atom. The van der Waals surface area contributed by atoms with E-state index in [1.165, 1.54) is 25.7 Å². The van der Waals surface area contributed by atoms with Gasteiger partial charge in [0.25, 0.3) is 0 Å². The molecule has 0 spiro atoms. The molecule has 0 heterocycles. The van der Waals surface area contributed by atoms with E-state index in [2.05, 4.69) is 6.92 Å². The molecule has 0 aliphatic carbocycles. The summed E-state index contributed by atoms with van der Waals surface area (Å²) in [6, 6.07) is 0.252. The highest BCUT2D eigenvalue weighted by atomic mass is 16.5. The summed E-state index contributed by atoms with van der Waals surface area (Å²) in [6.07, 6.45) is 6.12. The maximum atomic E-state index is 11.4. The van der Waals surface area contributed by atoms with Gasteiger partial charge in [0.05, 0.1) is 20.1 Å². The summed E-state index contributed by atoms with van der Waals surface area (Å²) in [5.74, 6) is 0. The molecule has 0 N–H and O–H groups in total. The van der Waals surface area contributed by atoms with Crippen LogP contribution in [0.3, 0.4) is 0 Å². The second-order valence-electron chi connectivity index (χ2n) is 4.13. The largest absolute Gasteiger partial charge is 0.633 e. The van der Waals surface area contributed by atoms with Crippen LogP contribution in [0.25, 0.3) is 0 Å². The predicted octanol–water partition coefficient (Wildman–Crippen LogP) is 2.92. The molecular weight excluding hydrogens is 150 g/mol. The van der Waals surface area contributed by atoms with E-state index in [4.69, 9.17) is 0 Å². The van der Waals surface area contributed by atoms with Crippen LogP contribution in [0.1, 0.15) is 46.0 Å². The fourth-order valence-corrected chi connectivity index (χ4v) is 1.18. The molecule has 2 heteroatoms. The lowest BCUT2D eigenvalue weighted by molar-refractivity contribution is -0.864. The van der Waals surface area contributed by atoms with E-state index in [1.54, 1.807) is 14.1 Å². The minimum absolute atomic E-state index is 0.147. The highest BCUT2D eigenvalue weighted by Crippen LogP contribution is 2.12. The molecule has 0 aromatic rings. The number of hydrogen-bond acceptors (Lipinski definition) is 1. The van der Waals surface area contributed by atoms with Crippen LogP contribution in [-0.2, 0) is 0 Å². The van der Waals surface area contributed by atoms with E-state index in [0.717, 1.165) is 6.42 Å². The highest BCUT2D eigenvalue weighted by Gasteiger charge is 2.12. The van der Waals surface area contributed by atoms with E-state index < -0.39 is 0 Å². The molecule has 0 aliphatic rings. The Morgan fingerprint density at radius 1 is 1.17 bits per heavy atom. The third kappa shape index (κ3) is 5.56. The topological polar surface area (TPSA) is 23.1 Å². The van der Waals surface area contributed by atoms with E-state index in [0.29, 0.717) is 0 Å². The summed E-state index contributed by atoms with van der Waals surface area (Å²) in [5, 5.41) is 11.4. The van der Waals surface area contributed by atoms with Crippen LogP contribution >= 0.6 is 0 Å². The molecule has 1 atom stereocenters. The lowest BCUT2D eigenvalue weighted by Crippen LogP contribution is -2.41. The van der Waals surface area contributed by atoms with E-state index >= 15 is 0 Å². The van der Waals surface area contributed by atoms with Crippen LogP contribution in [0, 0.1) is 5.21 Å². The molecule has 0 unspecified atom stereocenters. The molecule has 2 nitrogen and oxygen atoms in total. The van der Waals surface area contributed by atoms with E-state index in [-0.39, 0.29) is 10.7 Å². The minimum Gasteiger partial charge on any atom is -0.633 e. The van der Waals surface area contributed by atoms with Crippen LogP contribution in [0.2, 0.25) is 0 Å². The molecule has 12 heavy (non-hydrogen) atoms. The SMILES string of the molecule is CCCCCC[C@H](C)[N+](C)(C)[O-]. The Hall–Kier alpha value is -0.0800. The van der Waals surface area contributed by atoms with Gasteiger partial charge in [-0.05, 0) is 19.8 Å². The molecule has 0 fully saturated rings. The summed E-state index contributed by atoms with van der Waals surface area (Å²) < 4.78 is -0.147. The zero-order valence-corrected chi connectivity index (χ0v) is 8.97. The van der Waals surface area contributed by atoms with Gasteiger partial charge in [0, 0.05) is 0 Å². The molecule has 0 rings (SSSR count). The van der Waals surface area contributed by atoms with Gasteiger partial charge in [-0.3, -0.25) is 0 Å². The van der Waals surface area contributed by atoms with Gasteiger partial charge in [0.2, 0.25) is 0 Å². The quantitative estimate of drug-likeness (QED) is 0.344. The normalized spacial score (nSPS) is 14.8.